The molecule has 2 aliphatic heterocycles. The van der Waals surface area contributed by atoms with Crippen LogP contribution in [0.4, 0.5) is 10.5 Å². The van der Waals surface area contributed by atoms with Crippen LogP contribution in [0.25, 0.3) is 0 Å². The van der Waals surface area contributed by atoms with Gasteiger partial charge in [-0.15, -0.1) is 0 Å². The van der Waals surface area contributed by atoms with Gasteiger partial charge in [0, 0.05) is 35.8 Å². The van der Waals surface area contributed by atoms with Gasteiger partial charge in [0.15, 0.2) is 0 Å². The Bertz CT molecular complexity index is 963. The molecule has 6 nitrogen and oxygen atoms in total. The number of halogens is 1. The number of β-amino-alcohol motifs (C(OH)–C–C–N with tert-alkyl or cyclic N) is 1. The van der Waals surface area contributed by atoms with Crippen molar-refractivity contribution < 1.29 is 14.6 Å². The second-order valence-electron chi connectivity index (χ2n) is 10.0. The van der Waals surface area contributed by atoms with Gasteiger partial charge in [-0.25, -0.2) is 4.79 Å². The number of hydrogen-bond acceptors (Lipinski definition) is 5. The molecule has 1 unspecified atom stereocenters. The fraction of sp³-hybridized carbons (Fsp3) is 0.536. The van der Waals surface area contributed by atoms with E-state index in [1.807, 2.05) is 42.5 Å². The summed E-state index contributed by atoms with van der Waals surface area (Å²) in [6.07, 6.45) is 4.03. The van der Waals surface area contributed by atoms with Crippen LogP contribution in [0.2, 0.25) is 5.02 Å². The highest BCUT2D eigenvalue weighted by atomic mass is 35.5. The van der Waals surface area contributed by atoms with Crippen LogP contribution < -0.4 is 10.6 Å². The number of fused-ring (bicyclic) bond motifs is 2. The number of aliphatic hydroxyl groups excluding tert-OH is 1. The molecule has 1 saturated heterocycles. The predicted octanol–water partition coefficient (Wildman–Crippen LogP) is 5.19. The minimum atomic E-state index is -0.410. The highest BCUT2D eigenvalue weighted by molar-refractivity contribution is 6.30. The molecule has 2 atom stereocenters. The van der Waals surface area contributed by atoms with E-state index in [1.54, 1.807) is 0 Å². The molecular formula is C28H38ClN3O3. The van der Waals surface area contributed by atoms with Crippen LogP contribution in [0.15, 0.2) is 48.5 Å². The van der Waals surface area contributed by atoms with E-state index in [0.29, 0.717) is 13.1 Å². The maximum Gasteiger partial charge on any atom is 0.407 e. The summed E-state index contributed by atoms with van der Waals surface area (Å²) in [7, 11) is 0. The Morgan fingerprint density at radius 2 is 1.97 bits per heavy atom. The van der Waals surface area contributed by atoms with Crippen LogP contribution in [0.1, 0.15) is 50.2 Å². The van der Waals surface area contributed by atoms with Crippen molar-refractivity contribution in [3.05, 3.63) is 64.7 Å². The van der Waals surface area contributed by atoms with Gasteiger partial charge in [-0.2, -0.15) is 0 Å². The van der Waals surface area contributed by atoms with E-state index in [-0.39, 0.29) is 17.9 Å². The number of piperidine rings is 1. The van der Waals surface area contributed by atoms with E-state index >= 15 is 0 Å². The average Bonchev–Trinajstić information content (AvgIpc) is 3.21. The Morgan fingerprint density at radius 3 is 2.71 bits per heavy atom. The molecule has 4 rings (SSSR count). The smallest absolute Gasteiger partial charge is 0.407 e. The number of amides is 1. The summed E-state index contributed by atoms with van der Waals surface area (Å²) in [4.78, 5) is 14.5. The first-order valence-electron chi connectivity index (χ1n) is 12.9. The summed E-state index contributed by atoms with van der Waals surface area (Å²) in [5, 5.41) is 18.2. The van der Waals surface area contributed by atoms with Gasteiger partial charge < -0.3 is 25.4 Å². The van der Waals surface area contributed by atoms with Gasteiger partial charge in [0.05, 0.1) is 6.10 Å². The molecule has 3 N–H and O–H groups in total. The van der Waals surface area contributed by atoms with Gasteiger partial charge in [-0.05, 0) is 68.0 Å². The summed E-state index contributed by atoms with van der Waals surface area (Å²) in [6.45, 7) is 6.50. The Kier molecular flexibility index (Phi) is 8.93. The average molecular weight is 500 g/mol. The molecule has 2 aliphatic rings. The highest BCUT2D eigenvalue weighted by Gasteiger charge is 2.41. The molecule has 1 spiro atoms. The van der Waals surface area contributed by atoms with Crippen molar-refractivity contribution >= 4 is 23.4 Å². The number of nitrogens with zero attached hydrogens (tertiary/aromatic N) is 1. The first-order chi connectivity index (χ1) is 17.0. The molecule has 0 radical (unpaired) electrons. The van der Waals surface area contributed by atoms with E-state index in [9.17, 15) is 9.90 Å². The number of anilines is 1. The van der Waals surface area contributed by atoms with Crippen molar-refractivity contribution in [2.45, 2.75) is 57.2 Å². The van der Waals surface area contributed by atoms with Crippen molar-refractivity contribution in [1.29, 1.82) is 0 Å². The Labute approximate surface area is 214 Å². The third-order valence-corrected chi connectivity index (χ3v) is 7.86. The number of benzene rings is 2. The van der Waals surface area contributed by atoms with E-state index in [2.05, 4.69) is 28.5 Å². The van der Waals surface area contributed by atoms with Crippen LogP contribution in [0.3, 0.4) is 0 Å². The van der Waals surface area contributed by atoms with E-state index in [0.717, 1.165) is 62.3 Å². The standard InChI is InChI=1S/C28H38ClN3O3/c1-2-6-22(11-14-30-27(34)35-19-21-7-4-3-5-8-21)26(33)18-32-15-12-28(13-16-32)20-31-25-17-23(29)9-10-24(25)28/h3-5,7-10,17,22,26,31,33H,2,6,11-16,18-20H2,1H3,(H,30,34)/t22?,26-/m1/s1. The number of rotatable bonds is 10. The topological polar surface area (TPSA) is 73.8 Å². The third kappa shape index (κ3) is 6.69. The molecular weight excluding hydrogens is 462 g/mol. The zero-order valence-corrected chi connectivity index (χ0v) is 21.4. The predicted molar refractivity (Wildman–Crippen MR) is 141 cm³/mol. The van der Waals surface area contributed by atoms with E-state index < -0.39 is 12.2 Å². The molecule has 1 amide bonds. The molecule has 2 heterocycles. The summed E-state index contributed by atoms with van der Waals surface area (Å²) in [5.41, 5.74) is 3.69. The maximum absolute atomic E-state index is 12.1. The van der Waals surface area contributed by atoms with Gasteiger partial charge in [-0.3, -0.25) is 0 Å². The molecule has 0 saturated carbocycles. The lowest BCUT2D eigenvalue weighted by Gasteiger charge is -2.40. The van der Waals surface area contributed by atoms with Crippen molar-refractivity contribution in [2.24, 2.45) is 5.92 Å². The second-order valence-corrected chi connectivity index (χ2v) is 10.5. The Balaban J connectivity index is 1.20. The van der Waals surface area contributed by atoms with Crippen LogP contribution >= 0.6 is 11.6 Å². The summed E-state index contributed by atoms with van der Waals surface area (Å²) in [5.74, 6) is 0.154. The number of ether oxygens (including phenoxy) is 1. The largest absolute Gasteiger partial charge is 0.445 e. The number of aliphatic hydroxyl groups is 1. The molecule has 2 aromatic carbocycles. The lowest BCUT2D eigenvalue weighted by molar-refractivity contribution is 0.0406. The number of nitrogens with one attached hydrogen (secondary N) is 2. The quantitative estimate of drug-likeness (QED) is 0.419. The first kappa shape index (κ1) is 25.8. The number of carbonyl (C=O) groups excluding carboxylic acids is 1. The normalized spacial score (nSPS) is 18.5. The molecule has 35 heavy (non-hydrogen) atoms. The SMILES string of the molecule is CCCC(CCNC(=O)OCc1ccccc1)[C@H](O)CN1CCC2(CC1)CNc1cc(Cl)ccc12. The maximum atomic E-state index is 12.1. The third-order valence-electron chi connectivity index (χ3n) is 7.63. The minimum absolute atomic E-state index is 0.154. The van der Waals surface area contributed by atoms with Crippen LogP contribution in [0, 0.1) is 5.92 Å². The summed E-state index contributed by atoms with van der Waals surface area (Å²) in [6, 6.07) is 15.9. The Hall–Kier alpha value is -2.28. The fourth-order valence-corrected chi connectivity index (χ4v) is 5.71. The van der Waals surface area contributed by atoms with Gasteiger partial charge >= 0.3 is 6.09 Å². The van der Waals surface area contributed by atoms with Crippen molar-refractivity contribution in [1.82, 2.24) is 10.2 Å². The molecule has 0 aromatic heterocycles. The molecule has 2 aromatic rings. The van der Waals surface area contributed by atoms with Crippen molar-refractivity contribution in [2.75, 3.05) is 38.0 Å². The monoisotopic (exact) mass is 499 g/mol. The second kappa shape index (κ2) is 12.1. The highest BCUT2D eigenvalue weighted by Crippen LogP contribution is 2.44. The minimum Gasteiger partial charge on any atom is -0.445 e. The molecule has 0 aliphatic carbocycles. The van der Waals surface area contributed by atoms with Crippen LogP contribution in [-0.4, -0.2) is 54.9 Å². The number of hydrogen-bond donors (Lipinski definition) is 3. The van der Waals surface area contributed by atoms with Crippen molar-refractivity contribution in [3.63, 3.8) is 0 Å². The summed E-state index contributed by atoms with van der Waals surface area (Å²) >= 11 is 6.17. The number of carbonyl (C=O) groups is 1. The fourth-order valence-electron chi connectivity index (χ4n) is 5.54. The van der Waals surface area contributed by atoms with Gasteiger partial charge in [0.1, 0.15) is 6.61 Å². The Morgan fingerprint density at radius 1 is 1.20 bits per heavy atom. The zero-order valence-electron chi connectivity index (χ0n) is 20.6. The zero-order chi connectivity index (χ0) is 24.7. The first-order valence-corrected chi connectivity index (χ1v) is 13.3. The molecule has 190 valence electrons. The van der Waals surface area contributed by atoms with Gasteiger partial charge in [0.25, 0.3) is 0 Å². The lowest BCUT2D eigenvalue weighted by atomic mass is 9.74. The summed E-state index contributed by atoms with van der Waals surface area (Å²) < 4.78 is 5.30. The van der Waals surface area contributed by atoms with Gasteiger partial charge in [-0.1, -0.05) is 61.3 Å². The molecule has 1 fully saturated rings. The lowest BCUT2D eigenvalue weighted by Crippen LogP contribution is -2.47. The molecule has 7 heteroatoms. The number of likely N-dealkylation sites (tertiary alicyclic amines) is 1. The van der Waals surface area contributed by atoms with E-state index in [4.69, 9.17) is 16.3 Å². The van der Waals surface area contributed by atoms with Crippen molar-refractivity contribution in [3.8, 4) is 0 Å². The molecule has 0 bridgehead atoms. The van der Waals surface area contributed by atoms with Gasteiger partial charge in [0.2, 0.25) is 0 Å². The van der Waals surface area contributed by atoms with Crippen LogP contribution in [-0.2, 0) is 16.8 Å². The van der Waals surface area contributed by atoms with Crippen LogP contribution in [0.5, 0.6) is 0 Å². The van der Waals surface area contributed by atoms with E-state index in [1.165, 1.54) is 11.3 Å². The number of alkyl carbamates (subject to hydrolysis) is 1.